The first kappa shape index (κ1) is 28.6. The molecule has 40 heavy (non-hydrogen) atoms. The lowest BCUT2D eigenvalue weighted by molar-refractivity contribution is -0.137. The highest BCUT2D eigenvalue weighted by Crippen LogP contribution is 2.42. The number of likely N-dealkylation sites (N-methyl/N-ethyl adjacent to an activating group) is 1. The second-order valence-corrected chi connectivity index (χ2v) is 13.1. The highest BCUT2D eigenvalue weighted by molar-refractivity contribution is 7.91. The molecule has 0 saturated carbocycles. The number of rotatable bonds is 5. The second kappa shape index (κ2) is 10.8. The van der Waals surface area contributed by atoms with Crippen molar-refractivity contribution >= 4 is 56.0 Å². The predicted octanol–water partition coefficient (Wildman–Crippen LogP) is 4.62. The molecule has 5 rings (SSSR count). The van der Waals surface area contributed by atoms with E-state index in [4.69, 9.17) is 11.6 Å². The number of halogens is 4. The summed E-state index contributed by atoms with van der Waals surface area (Å²) in [5.41, 5.74) is -0.364. The van der Waals surface area contributed by atoms with Crippen molar-refractivity contribution in [2.24, 2.45) is 0 Å². The monoisotopic (exact) mass is 614 g/mol. The third kappa shape index (κ3) is 5.62. The van der Waals surface area contributed by atoms with E-state index in [2.05, 4.69) is 32.0 Å². The van der Waals surface area contributed by atoms with Gasteiger partial charge in [0, 0.05) is 51.7 Å². The summed E-state index contributed by atoms with van der Waals surface area (Å²) in [4.78, 5) is 26.0. The van der Waals surface area contributed by atoms with Crippen LogP contribution < -0.4 is 10.2 Å². The molecule has 0 atom stereocenters. The molecule has 3 aromatic rings. The molecule has 0 spiro atoms. The molecule has 15 heteroatoms. The van der Waals surface area contributed by atoms with Gasteiger partial charge in [-0.05, 0) is 30.8 Å². The number of nitrogens with zero attached hydrogens (tertiary/aromatic N) is 5. The normalized spacial score (nSPS) is 18.0. The van der Waals surface area contributed by atoms with E-state index in [1.54, 1.807) is 12.1 Å². The fraction of sp³-hybridized carbons (Fsp3) is 0.400. The third-order valence-electron chi connectivity index (χ3n) is 6.98. The minimum Gasteiger partial charge on any atom is -0.369 e. The van der Waals surface area contributed by atoms with Gasteiger partial charge >= 0.3 is 6.18 Å². The van der Waals surface area contributed by atoms with Gasteiger partial charge in [0.2, 0.25) is 5.95 Å². The fourth-order valence-corrected chi connectivity index (χ4v) is 7.85. The molecule has 2 aromatic heterocycles. The van der Waals surface area contributed by atoms with Crippen LogP contribution in [0, 0.1) is 0 Å². The van der Waals surface area contributed by atoms with Crippen LogP contribution in [0.5, 0.6) is 0 Å². The van der Waals surface area contributed by atoms with Gasteiger partial charge in [-0.1, -0.05) is 18.5 Å². The number of alkyl halides is 3. The smallest absolute Gasteiger partial charge is 0.369 e. The van der Waals surface area contributed by atoms with Crippen molar-refractivity contribution in [3.05, 3.63) is 45.9 Å². The number of carbonyl (C=O) groups is 1. The molecule has 1 N–H and O–H groups in total. The number of amides is 1. The summed E-state index contributed by atoms with van der Waals surface area (Å²) >= 11 is 7.18. The van der Waals surface area contributed by atoms with Gasteiger partial charge < -0.3 is 20.0 Å². The molecule has 4 heterocycles. The Kier molecular flexibility index (Phi) is 7.72. The molecule has 1 saturated heterocycles. The van der Waals surface area contributed by atoms with E-state index >= 15 is 0 Å². The molecule has 2 aliphatic heterocycles. The molecule has 0 unspecified atom stereocenters. The SMILES string of the molecule is CCN1CCN(c2ccc(Nc3ncc(C(F)(F)F)c(-c4cc5c(s4)C(=O)N(C)CCS5(=O)=O)n3)c(Cl)c2)CC1. The number of carbonyl (C=O) groups excluding carboxylic acids is 1. The number of hydrogen-bond donors (Lipinski definition) is 1. The first-order chi connectivity index (χ1) is 18.9. The van der Waals surface area contributed by atoms with E-state index in [0.717, 1.165) is 44.5 Å². The molecule has 1 fully saturated rings. The molecule has 0 bridgehead atoms. The Hall–Kier alpha value is -2.94. The molecular weight excluding hydrogens is 589 g/mol. The van der Waals surface area contributed by atoms with Crippen LogP contribution in [0.25, 0.3) is 10.6 Å². The van der Waals surface area contributed by atoms with E-state index in [1.807, 2.05) is 6.07 Å². The van der Waals surface area contributed by atoms with Crippen molar-refractivity contribution in [3.63, 3.8) is 0 Å². The molecule has 0 radical (unpaired) electrons. The lowest BCUT2D eigenvalue weighted by Gasteiger charge is -2.35. The van der Waals surface area contributed by atoms with Crippen LogP contribution in [0.2, 0.25) is 5.02 Å². The topological polar surface area (TPSA) is 98.7 Å². The summed E-state index contributed by atoms with van der Waals surface area (Å²) in [7, 11) is -2.43. The van der Waals surface area contributed by atoms with Gasteiger partial charge in [-0.15, -0.1) is 11.3 Å². The quantitative estimate of drug-likeness (QED) is 0.445. The van der Waals surface area contributed by atoms with E-state index < -0.39 is 33.2 Å². The average Bonchev–Trinajstić information content (AvgIpc) is 3.36. The Balaban J connectivity index is 1.48. The Morgan fingerprint density at radius 3 is 2.50 bits per heavy atom. The van der Waals surface area contributed by atoms with Crippen molar-refractivity contribution in [1.82, 2.24) is 19.8 Å². The maximum Gasteiger partial charge on any atom is 0.420 e. The van der Waals surface area contributed by atoms with Gasteiger partial charge in [-0.25, -0.2) is 18.4 Å². The lowest BCUT2D eigenvalue weighted by Crippen LogP contribution is -2.46. The third-order valence-corrected chi connectivity index (χ3v) is 10.3. The number of anilines is 3. The summed E-state index contributed by atoms with van der Waals surface area (Å²) < 4.78 is 67.4. The van der Waals surface area contributed by atoms with Crippen LogP contribution in [0.1, 0.15) is 22.2 Å². The molecule has 1 aromatic carbocycles. The van der Waals surface area contributed by atoms with Gasteiger partial charge in [0.05, 0.1) is 31.9 Å². The average molecular weight is 615 g/mol. The number of benzene rings is 1. The molecule has 1 amide bonds. The van der Waals surface area contributed by atoms with Gasteiger partial charge in [0.1, 0.15) is 10.4 Å². The zero-order chi connectivity index (χ0) is 28.8. The van der Waals surface area contributed by atoms with Crippen LogP contribution in [0.15, 0.2) is 35.4 Å². The maximum absolute atomic E-state index is 13.9. The van der Waals surface area contributed by atoms with E-state index in [9.17, 15) is 26.4 Å². The van der Waals surface area contributed by atoms with Crippen molar-refractivity contribution in [2.75, 3.05) is 62.3 Å². The van der Waals surface area contributed by atoms with Gasteiger partial charge in [0.25, 0.3) is 5.91 Å². The number of aromatic nitrogens is 2. The predicted molar refractivity (Wildman–Crippen MR) is 148 cm³/mol. The van der Waals surface area contributed by atoms with Crippen molar-refractivity contribution in [2.45, 2.75) is 18.0 Å². The summed E-state index contributed by atoms with van der Waals surface area (Å²) in [6, 6.07) is 6.44. The largest absolute Gasteiger partial charge is 0.420 e. The molecule has 214 valence electrons. The van der Waals surface area contributed by atoms with E-state index in [0.29, 0.717) is 28.2 Å². The Morgan fingerprint density at radius 2 is 1.85 bits per heavy atom. The van der Waals surface area contributed by atoms with Crippen molar-refractivity contribution < 1.29 is 26.4 Å². The first-order valence-corrected chi connectivity index (χ1v) is 15.3. The molecule has 0 aliphatic carbocycles. The Labute approximate surface area is 238 Å². The fourth-order valence-electron chi connectivity index (χ4n) is 4.60. The highest BCUT2D eigenvalue weighted by atomic mass is 35.5. The molecule has 9 nitrogen and oxygen atoms in total. The van der Waals surface area contributed by atoms with Crippen LogP contribution >= 0.6 is 22.9 Å². The minimum atomic E-state index is -4.82. The molecular formula is C25H26ClF3N6O3S2. The van der Waals surface area contributed by atoms with Crippen molar-refractivity contribution in [1.29, 1.82) is 0 Å². The number of hydrogen-bond acceptors (Lipinski definition) is 9. The zero-order valence-electron chi connectivity index (χ0n) is 21.6. The summed E-state index contributed by atoms with van der Waals surface area (Å²) in [6.45, 7) is 6.67. The first-order valence-electron chi connectivity index (χ1n) is 12.5. The standard InChI is InChI=1S/C25H26ClF3N6O3S2/c1-3-34-6-8-35(9-7-34)15-4-5-18(17(26)12-15)31-24-30-14-16(25(27,28)29)21(32-24)19-13-20-22(39-19)23(36)33(2)10-11-40(20,37)38/h4-5,12-14H,3,6-11H2,1-2H3,(H,30,31,32). The van der Waals surface area contributed by atoms with Crippen LogP contribution in [0.3, 0.4) is 0 Å². The van der Waals surface area contributed by atoms with E-state index in [1.165, 1.54) is 11.9 Å². The number of nitrogens with one attached hydrogen (secondary N) is 1. The van der Waals surface area contributed by atoms with Gasteiger partial charge in [-0.2, -0.15) is 13.2 Å². The number of fused-ring (bicyclic) bond motifs is 1. The number of thiophene rings is 1. The van der Waals surface area contributed by atoms with Crippen LogP contribution in [-0.4, -0.2) is 86.2 Å². The zero-order valence-corrected chi connectivity index (χ0v) is 24.0. The second-order valence-electron chi connectivity index (χ2n) is 9.51. The number of piperazine rings is 1. The summed E-state index contributed by atoms with van der Waals surface area (Å²) in [5, 5.41) is 3.21. The van der Waals surface area contributed by atoms with Gasteiger partial charge in [-0.3, -0.25) is 4.79 Å². The Morgan fingerprint density at radius 1 is 1.12 bits per heavy atom. The van der Waals surface area contributed by atoms with E-state index in [-0.39, 0.29) is 32.9 Å². The lowest BCUT2D eigenvalue weighted by atomic mass is 10.2. The van der Waals surface area contributed by atoms with Crippen LogP contribution in [-0.2, 0) is 16.0 Å². The highest BCUT2D eigenvalue weighted by Gasteiger charge is 2.38. The number of sulfone groups is 1. The van der Waals surface area contributed by atoms with Crippen LogP contribution in [0.4, 0.5) is 30.5 Å². The van der Waals surface area contributed by atoms with Gasteiger partial charge in [0.15, 0.2) is 9.84 Å². The molecule has 2 aliphatic rings. The Bertz CT molecular complexity index is 1560. The van der Waals surface area contributed by atoms with Crippen molar-refractivity contribution in [3.8, 4) is 10.6 Å². The summed E-state index contributed by atoms with van der Waals surface area (Å²) in [5.74, 6) is -1.07. The summed E-state index contributed by atoms with van der Waals surface area (Å²) in [6.07, 6.45) is -4.19. The minimum absolute atomic E-state index is 0.0121. The maximum atomic E-state index is 13.9.